The fourth-order valence-corrected chi connectivity index (χ4v) is 4.79. The molecule has 0 bridgehead atoms. The Balaban J connectivity index is 3.01. The molecule has 0 saturated heterocycles. The van der Waals surface area contributed by atoms with Crippen LogP contribution in [0.5, 0.6) is 0 Å². The van der Waals surface area contributed by atoms with Gasteiger partial charge in [0.1, 0.15) is 5.60 Å². The van der Waals surface area contributed by atoms with Gasteiger partial charge in [-0.3, -0.25) is 4.57 Å². The van der Waals surface area contributed by atoms with E-state index in [1.165, 1.54) is 6.42 Å². The lowest BCUT2D eigenvalue weighted by atomic mass is 9.84. The Morgan fingerprint density at radius 1 is 1.16 bits per heavy atom. The number of hydrogen-bond acceptors (Lipinski definition) is 5. The second kappa shape index (κ2) is 9.75. The van der Waals surface area contributed by atoms with Crippen LogP contribution >= 0.6 is 7.60 Å². The van der Waals surface area contributed by atoms with Gasteiger partial charge in [-0.1, -0.05) is 25.8 Å². The minimum Gasteiger partial charge on any atom is -0.444 e. The minimum atomic E-state index is -3.51. The van der Waals surface area contributed by atoms with Crippen molar-refractivity contribution < 1.29 is 23.1 Å². The summed E-state index contributed by atoms with van der Waals surface area (Å²) in [7, 11) is -3.51. The molecule has 0 aromatic heterocycles. The molecule has 6 nitrogen and oxygen atoms in total. The summed E-state index contributed by atoms with van der Waals surface area (Å²) in [5, 5.41) is 3.19. The molecule has 1 amide bonds. The molecule has 1 unspecified atom stereocenters. The van der Waals surface area contributed by atoms with Crippen LogP contribution in [0.2, 0.25) is 0 Å². The van der Waals surface area contributed by atoms with Crippen molar-refractivity contribution in [2.75, 3.05) is 13.2 Å². The number of carbonyl (C=O) groups is 1. The molecule has 1 aliphatic rings. The molecule has 1 fully saturated rings. The van der Waals surface area contributed by atoms with E-state index in [1.54, 1.807) is 13.8 Å². The molecule has 0 heterocycles. The van der Waals surface area contributed by atoms with Crippen LogP contribution in [0.15, 0.2) is 11.9 Å². The molecule has 1 atom stereocenters. The molecule has 1 aliphatic carbocycles. The number of carbonyl (C=O) groups excluding carboxylic acids is 1. The summed E-state index contributed by atoms with van der Waals surface area (Å²) in [6.07, 6.45) is 4.69. The zero-order chi connectivity index (χ0) is 19.1. The lowest BCUT2D eigenvalue weighted by Crippen LogP contribution is -2.44. The summed E-state index contributed by atoms with van der Waals surface area (Å²) in [6.45, 7) is 13.4. The second-order valence-corrected chi connectivity index (χ2v) is 9.43. The van der Waals surface area contributed by atoms with Crippen LogP contribution in [0.25, 0.3) is 0 Å². The van der Waals surface area contributed by atoms with E-state index in [0.29, 0.717) is 5.31 Å². The summed E-state index contributed by atoms with van der Waals surface area (Å²) < 4.78 is 29.4. The number of ether oxygens (including phenoxy) is 1. The molecule has 1 rings (SSSR count). The first-order valence-corrected chi connectivity index (χ1v) is 10.7. The Bertz CT molecular complexity index is 484. The maximum atomic E-state index is 13.1. The van der Waals surface area contributed by atoms with Crippen molar-refractivity contribution in [2.45, 2.75) is 78.4 Å². The van der Waals surface area contributed by atoms with Gasteiger partial charge >= 0.3 is 13.7 Å². The zero-order valence-electron chi connectivity index (χ0n) is 16.3. The third-order valence-electron chi connectivity index (χ3n) is 4.10. The number of rotatable bonds is 8. The van der Waals surface area contributed by atoms with Crippen LogP contribution in [0.3, 0.4) is 0 Å². The molecule has 0 aliphatic heterocycles. The van der Waals surface area contributed by atoms with Gasteiger partial charge in [-0.15, -0.1) is 0 Å². The Kier molecular flexibility index (Phi) is 8.66. The van der Waals surface area contributed by atoms with Gasteiger partial charge < -0.3 is 19.1 Å². The van der Waals surface area contributed by atoms with E-state index in [0.717, 1.165) is 25.7 Å². The van der Waals surface area contributed by atoms with Gasteiger partial charge in [0.15, 0.2) is 0 Å². The molecule has 0 spiro atoms. The molecular weight excluding hydrogens is 341 g/mol. The average Bonchev–Trinajstić information content (AvgIpc) is 2.51. The first-order chi connectivity index (χ1) is 11.6. The SMILES string of the molecule is C=C(C(NC(=O)OC(C)(C)C)C1CCCCC1)P(=O)(OCC)OCC. The molecule has 0 radical (unpaired) electrons. The van der Waals surface area contributed by atoms with Crippen LogP contribution in [-0.4, -0.2) is 30.9 Å². The van der Waals surface area contributed by atoms with Crippen molar-refractivity contribution >= 4 is 13.7 Å². The quantitative estimate of drug-likeness (QED) is 0.587. The lowest BCUT2D eigenvalue weighted by molar-refractivity contribution is 0.0491. The van der Waals surface area contributed by atoms with E-state index in [4.69, 9.17) is 13.8 Å². The van der Waals surface area contributed by atoms with Crippen LogP contribution < -0.4 is 5.32 Å². The van der Waals surface area contributed by atoms with Gasteiger partial charge in [0, 0.05) is 0 Å². The van der Waals surface area contributed by atoms with Crippen molar-refractivity contribution in [3.8, 4) is 0 Å². The predicted octanol–water partition coefficient (Wildman–Crippen LogP) is 5.24. The van der Waals surface area contributed by atoms with Crippen LogP contribution in [-0.2, 0) is 18.3 Å². The van der Waals surface area contributed by atoms with Gasteiger partial charge in [0.2, 0.25) is 0 Å². The summed E-state index contributed by atoms with van der Waals surface area (Å²) in [4.78, 5) is 12.3. The summed E-state index contributed by atoms with van der Waals surface area (Å²) in [5.41, 5.74) is -0.605. The van der Waals surface area contributed by atoms with Gasteiger partial charge in [-0.05, 0) is 53.4 Å². The normalized spacial score (nSPS) is 17.8. The third-order valence-corrected chi connectivity index (χ3v) is 6.28. The first-order valence-electron chi connectivity index (χ1n) is 9.21. The number of amides is 1. The van der Waals surface area contributed by atoms with Gasteiger partial charge in [-0.25, -0.2) is 4.79 Å². The van der Waals surface area contributed by atoms with E-state index in [-0.39, 0.29) is 19.1 Å². The predicted molar refractivity (Wildman–Crippen MR) is 99.7 cm³/mol. The van der Waals surface area contributed by atoms with Crippen molar-refractivity contribution in [2.24, 2.45) is 5.92 Å². The van der Waals surface area contributed by atoms with E-state index >= 15 is 0 Å². The van der Waals surface area contributed by atoms with Gasteiger partial charge in [0.05, 0.1) is 24.6 Å². The molecular formula is C18H34NO5P. The maximum Gasteiger partial charge on any atom is 0.408 e. The largest absolute Gasteiger partial charge is 0.444 e. The fraction of sp³-hybridized carbons (Fsp3) is 0.833. The first kappa shape index (κ1) is 22.2. The maximum absolute atomic E-state index is 13.1. The summed E-state index contributed by atoms with van der Waals surface area (Å²) in [6, 6.07) is -0.487. The molecule has 7 heteroatoms. The van der Waals surface area contributed by atoms with Gasteiger partial charge in [0.25, 0.3) is 0 Å². The third kappa shape index (κ3) is 7.12. The lowest BCUT2D eigenvalue weighted by Gasteiger charge is -2.34. The summed E-state index contributed by atoms with van der Waals surface area (Å²) in [5.74, 6) is 0.156. The monoisotopic (exact) mass is 375 g/mol. The van der Waals surface area contributed by atoms with E-state index < -0.39 is 25.3 Å². The Morgan fingerprint density at radius 2 is 1.68 bits per heavy atom. The topological polar surface area (TPSA) is 73.9 Å². The highest BCUT2D eigenvalue weighted by atomic mass is 31.2. The van der Waals surface area contributed by atoms with Crippen molar-refractivity contribution in [3.05, 3.63) is 11.9 Å². The molecule has 0 aromatic rings. The van der Waals surface area contributed by atoms with Crippen LogP contribution in [0.1, 0.15) is 66.7 Å². The highest BCUT2D eigenvalue weighted by Crippen LogP contribution is 2.57. The van der Waals surface area contributed by atoms with Crippen LogP contribution in [0.4, 0.5) is 4.79 Å². The van der Waals surface area contributed by atoms with Gasteiger partial charge in [-0.2, -0.15) is 0 Å². The molecule has 1 N–H and O–H groups in total. The molecule has 0 aromatic carbocycles. The van der Waals surface area contributed by atoms with Crippen LogP contribution in [0, 0.1) is 5.92 Å². The second-order valence-electron chi connectivity index (χ2n) is 7.35. The smallest absolute Gasteiger partial charge is 0.408 e. The number of alkyl carbamates (subject to hydrolysis) is 1. The number of nitrogens with one attached hydrogen (secondary N) is 1. The number of hydrogen-bond donors (Lipinski definition) is 1. The molecule has 146 valence electrons. The summed E-state index contributed by atoms with van der Waals surface area (Å²) >= 11 is 0. The van der Waals surface area contributed by atoms with Crippen molar-refractivity contribution in [1.29, 1.82) is 0 Å². The zero-order valence-corrected chi connectivity index (χ0v) is 17.2. The van der Waals surface area contributed by atoms with E-state index in [1.807, 2.05) is 20.8 Å². The van der Waals surface area contributed by atoms with Crippen molar-refractivity contribution in [3.63, 3.8) is 0 Å². The minimum absolute atomic E-state index is 0.156. The standard InChI is InChI=1S/C18H34NO5P/c1-7-22-25(21,23-8-2)14(3)16(15-12-10-9-11-13-15)19-17(20)24-18(4,5)6/h15-16H,3,7-13H2,1-2,4-6H3,(H,19,20). The fourth-order valence-electron chi connectivity index (χ4n) is 3.09. The average molecular weight is 375 g/mol. The highest BCUT2D eigenvalue weighted by molar-refractivity contribution is 7.58. The Hall–Kier alpha value is -0.840. The van der Waals surface area contributed by atoms with E-state index in [2.05, 4.69) is 11.9 Å². The Morgan fingerprint density at radius 3 is 2.12 bits per heavy atom. The Labute approximate surface area is 152 Å². The molecule has 1 saturated carbocycles. The van der Waals surface area contributed by atoms with E-state index in [9.17, 15) is 9.36 Å². The highest BCUT2D eigenvalue weighted by Gasteiger charge is 2.39. The van der Waals surface area contributed by atoms with Crippen molar-refractivity contribution in [1.82, 2.24) is 5.32 Å². The molecule has 25 heavy (non-hydrogen) atoms.